The molecular formula is C8H14ClN3O. The van der Waals surface area contributed by atoms with Crippen LogP contribution < -0.4 is 17.6 Å². The zero-order chi connectivity index (χ0) is 8.10. The van der Waals surface area contributed by atoms with Crippen LogP contribution in [0.25, 0.3) is 0 Å². The molecule has 0 unspecified atom stereocenters. The van der Waals surface area contributed by atoms with Crippen molar-refractivity contribution in [1.82, 2.24) is 12.3 Å². The molecule has 1 amide bonds. The number of amides is 1. The Bertz CT molecular complexity index is 240. The smallest absolute Gasteiger partial charge is 0.239 e. The second-order valence-electron chi connectivity index (χ2n) is 2.05. The Morgan fingerprint density at radius 2 is 1.77 bits per heavy atom. The number of hydrogen-bond donors (Lipinski definition) is 3. The summed E-state index contributed by atoms with van der Waals surface area (Å²) in [6.07, 6.45) is 0. The highest BCUT2D eigenvalue weighted by Crippen LogP contribution is 2.04. The molecule has 0 saturated carbocycles. The fourth-order valence-electron chi connectivity index (χ4n) is 0.716. The summed E-state index contributed by atoms with van der Waals surface area (Å²) >= 11 is 5.29. The Morgan fingerprint density at radius 1 is 1.23 bits per heavy atom. The van der Waals surface area contributed by atoms with Crippen LogP contribution in [0.15, 0.2) is 30.3 Å². The quantitative estimate of drug-likeness (QED) is 0.643. The Balaban J connectivity index is 0. The van der Waals surface area contributed by atoms with Crippen LogP contribution in [0.5, 0.6) is 0 Å². The molecule has 0 saturated heterocycles. The van der Waals surface area contributed by atoms with Crippen molar-refractivity contribution in [2.45, 2.75) is 0 Å². The van der Waals surface area contributed by atoms with Gasteiger partial charge in [0.15, 0.2) is 0 Å². The molecule has 0 atom stereocenters. The number of rotatable bonds is 2. The summed E-state index contributed by atoms with van der Waals surface area (Å²) in [5.74, 6) is -0.188. The highest BCUT2D eigenvalue weighted by atomic mass is 35.5. The third-order valence-electron chi connectivity index (χ3n) is 1.18. The number of carbonyl (C=O) groups excluding carboxylic acids is 1. The second kappa shape index (κ2) is 7.54. The van der Waals surface area contributed by atoms with Gasteiger partial charge in [0.2, 0.25) is 5.91 Å². The molecule has 13 heavy (non-hydrogen) atoms. The van der Waals surface area contributed by atoms with E-state index < -0.39 is 0 Å². The van der Waals surface area contributed by atoms with Crippen LogP contribution in [-0.4, -0.2) is 11.8 Å². The number of hydrogen-bond acceptors (Lipinski definition) is 3. The lowest BCUT2D eigenvalue weighted by Crippen LogP contribution is -2.12. The van der Waals surface area contributed by atoms with E-state index in [0.717, 1.165) is 5.69 Å². The van der Waals surface area contributed by atoms with Gasteiger partial charge in [0.05, 0.1) is 0 Å². The van der Waals surface area contributed by atoms with E-state index in [0.29, 0.717) is 0 Å². The molecule has 0 bridgehead atoms. The number of nitrogens with one attached hydrogen (secondary N) is 1. The molecule has 1 aromatic carbocycles. The topological polar surface area (TPSA) is 99.1 Å². The zero-order valence-corrected chi connectivity index (χ0v) is 8.05. The maximum Gasteiger partial charge on any atom is 0.239 e. The normalized spacial score (nSPS) is 7.77. The van der Waals surface area contributed by atoms with Gasteiger partial charge in [0.1, 0.15) is 5.88 Å². The van der Waals surface area contributed by atoms with Crippen molar-refractivity contribution in [2.75, 3.05) is 11.2 Å². The molecule has 0 radical (unpaired) electrons. The zero-order valence-electron chi connectivity index (χ0n) is 7.29. The van der Waals surface area contributed by atoms with E-state index >= 15 is 0 Å². The van der Waals surface area contributed by atoms with Crippen LogP contribution >= 0.6 is 11.6 Å². The standard InChI is InChI=1S/C8H8ClNO.2H3N/c9-6-8(11)10-7-4-2-1-3-5-7;;/h1-5H,6H2,(H,10,11);2*1H3. The lowest BCUT2D eigenvalue weighted by atomic mass is 10.3. The number of para-hydroxylation sites is 1. The van der Waals surface area contributed by atoms with Crippen LogP contribution in [0, 0.1) is 0 Å². The summed E-state index contributed by atoms with van der Waals surface area (Å²) in [7, 11) is 0. The number of halogens is 1. The van der Waals surface area contributed by atoms with Crippen LogP contribution in [-0.2, 0) is 4.79 Å². The van der Waals surface area contributed by atoms with Gasteiger partial charge >= 0.3 is 0 Å². The second-order valence-corrected chi connectivity index (χ2v) is 2.32. The Hall–Kier alpha value is -1.10. The number of alkyl halides is 1. The third-order valence-corrected chi connectivity index (χ3v) is 1.42. The fourth-order valence-corrected chi connectivity index (χ4v) is 0.783. The average Bonchev–Trinajstić information content (AvgIpc) is 2.06. The fraction of sp³-hybridized carbons (Fsp3) is 0.125. The van der Waals surface area contributed by atoms with Gasteiger partial charge in [0, 0.05) is 5.69 Å². The summed E-state index contributed by atoms with van der Waals surface area (Å²) in [6.45, 7) is 0. The molecule has 0 spiro atoms. The van der Waals surface area contributed by atoms with Crippen molar-refractivity contribution in [3.05, 3.63) is 30.3 Å². The molecule has 0 fully saturated rings. The molecule has 74 valence electrons. The van der Waals surface area contributed by atoms with E-state index in [1.54, 1.807) is 0 Å². The predicted octanol–water partition coefficient (Wildman–Crippen LogP) is 2.19. The molecule has 1 aromatic rings. The first-order valence-electron chi connectivity index (χ1n) is 3.24. The number of carbonyl (C=O) groups is 1. The maximum absolute atomic E-state index is 10.7. The van der Waals surface area contributed by atoms with Crippen molar-refractivity contribution < 1.29 is 4.79 Å². The lowest BCUT2D eigenvalue weighted by molar-refractivity contribution is -0.113. The molecule has 1 rings (SSSR count). The minimum Gasteiger partial charge on any atom is -0.344 e. The highest BCUT2D eigenvalue weighted by Gasteiger charge is 1.96. The van der Waals surface area contributed by atoms with E-state index in [1.807, 2.05) is 30.3 Å². The van der Waals surface area contributed by atoms with Gasteiger partial charge < -0.3 is 17.6 Å². The van der Waals surface area contributed by atoms with Gasteiger partial charge in [-0.25, -0.2) is 0 Å². The minimum atomic E-state index is -0.183. The Labute approximate surface area is 82.4 Å². The monoisotopic (exact) mass is 203 g/mol. The molecule has 0 aromatic heterocycles. The van der Waals surface area contributed by atoms with Crippen molar-refractivity contribution in [3.8, 4) is 0 Å². The molecule has 0 heterocycles. The summed E-state index contributed by atoms with van der Waals surface area (Å²) in [5, 5.41) is 2.62. The summed E-state index contributed by atoms with van der Waals surface area (Å²) in [6, 6.07) is 9.21. The predicted molar refractivity (Wildman–Crippen MR) is 55.8 cm³/mol. The van der Waals surface area contributed by atoms with Gasteiger partial charge in [-0.15, -0.1) is 11.6 Å². The first-order chi connectivity index (χ1) is 5.33. The number of benzene rings is 1. The average molecular weight is 204 g/mol. The van der Waals surface area contributed by atoms with Crippen molar-refractivity contribution in [3.63, 3.8) is 0 Å². The summed E-state index contributed by atoms with van der Waals surface area (Å²) in [4.78, 5) is 10.7. The van der Waals surface area contributed by atoms with Gasteiger partial charge in [-0.3, -0.25) is 4.79 Å². The number of anilines is 1. The lowest BCUT2D eigenvalue weighted by Gasteiger charge is -2.00. The van der Waals surface area contributed by atoms with E-state index in [2.05, 4.69) is 5.32 Å². The largest absolute Gasteiger partial charge is 0.344 e. The van der Waals surface area contributed by atoms with E-state index in [9.17, 15) is 4.79 Å². The Kier molecular flexibility index (Phi) is 8.37. The van der Waals surface area contributed by atoms with Gasteiger partial charge in [-0.05, 0) is 12.1 Å². The minimum absolute atomic E-state index is 0. The third kappa shape index (κ3) is 5.19. The van der Waals surface area contributed by atoms with Gasteiger partial charge in [-0.2, -0.15) is 0 Å². The summed E-state index contributed by atoms with van der Waals surface area (Å²) in [5.41, 5.74) is 0.776. The molecular weight excluding hydrogens is 190 g/mol. The van der Waals surface area contributed by atoms with Gasteiger partial charge in [-0.1, -0.05) is 18.2 Å². The molecule has 0 aliphatic rings. The molecule has 5 heteroatoms. The SMILES string of the molecule is N.N.O=C(CCl)Nc1ccccc1. The Morgan fingerprint density at radius 3 is 2.23 bits per heavy atom. The van der Waals surface area contributed by atoms with Gasteiger partial charge in [0.25, 0.3) is 0 Å². The summed E-state index contributed by atoms with van der Waals surface area (Å²) < 4.78 is 0. The van der Waals surface area contributed by atoms with Crippen molar-refractivity contribution >= 4 is 23.2 Å². The first-order valence-corrected chi connectivity index (χ1v) is 3.77. The van der Waals surface area contributed by atoms with Crippen LogP contribution in [0.2, 0.25) is 0 Å². The van der Waals surface area contributed by atoms with E-state index in [4.69, 9.17) is 11.6 Å². The molecule has 0 aliphatic carbocycles. The van der Waals surface area contributed by atoms with Crippen LogP contribution in [0.1, 0.15) is 0 Å². The molecule has 4 nitrogen and oxygen atoms in total. The highest BCUT2D eigenvalue weighted by molar-refractivity contribution is 6.29. The van der Waals surface area contributed by atoms with E-state index in [-0.39, 0.29) is 24.1 Å². The van der Waals surface area contributed by atoms with Crippen molar-refractivity contribution in [2.24, 2.45) is 0 Å². The first kappa shape index (κ1) is 14.4. The molecule has 0 aliphatic heterocycles. The maximum atomic E-state index is 10.7. The van der Waals surface area contributed by atoms with Crippen LogP contribution in [0.3, 0.4) is 0 Å². The van der Waals surface area contributed by atoms with E-state index in [1.165, 1.54) is 0 Å². The molecule has 7 N–H and O–H groups in total. The van der Waals surface area contributed by atoms with Crippen molar-refractivity contribution in [1.29, 1.82) is 0 Å². The van der Waals surface area contributed by atoms with Crippen LogP contribution in [0.4, 0.5) is 5.69 Å².